The van der Waals surface area contributed by atoms with E-state index in [-0.39, 0.29) is 11.0 Å². The molecule has 0 spiro atoms. The first-order valence-corrected chi connectivity index (χ1v) is 7.84. The molecule has 0 aromatic carbocycles. The number of hydrogen-bond acceptors (Lipinski definition) is 4. The molecule has 112 valence electrons. The molecule has 0 radical (unpaired) electrons. The lowest BCUT2D eigenvalue weighted by Crippen LogP contribution is -2.28. The first-order valence-electron chi connectivity index (χ1n) is 6.96. The summed E-state index contributed by atoms with van der Waals surface area (Å²) in [6, 6.07) is 7.65. The van der Waals surface area contributed by atoms with E-state index < -0.39 is 0 Å². The third kappa shape index (κ3) is 2.34. The topological polar surface area (TPSA) is 63.1 Å². The van der Waals surface area contributed by atoms with Crippen LogP contribution in [0.5, 0.6) is 0 Å². The van der Waals surface area contributed by atoms with Gasteiger partial charge in [-0.25, -0.2) is 0 Å². The van der Waals surface area contributed by atoms with Crippen LogP contribution in [0.2, 0.25) is 0 Å². The summed E-state index contributed by atoms with van der Waals surface area (Å²) in [7, 11) is 0. The summed E-state index contributed by atoms with van der Waals surface area (Å²) in [5.41, 5.74) is 2.32. The van der Waals surface area contributed by atoms with Gasteiger partial charge in [0.15, 0.2) is 0 Å². The number of thiophene rings is 1. The quantitative estimate of drug-likeness (QED) is 0.731. The van der Waals surface area contributed by atoms with Crippen molar-refractivity contribution in [2.24, 2.45) is 0 Å². The Bertz CT molecular complexity index is 934. The van der Waals surface area contributed by atoms with Crippen molar-refractivity contribution in [3.63, 3.8) is 0 Å². The van der Waals surface area contributed by atoms with Gasteiger partial charge in [0.05, 0.1) is 12.7 Å². The van der Waals surface area contributed by atoms with Gasteiger partial charge in [0.25, 0.3) is 5.56 Å². The monoisotopic (exact) mass is 312 g/mol. The highest BCUT2D eigenvalue weighted by atomic mass is 32.1. The van der Waals surface area contributed by atoms with Gasteiger partial charge in [0.2, 0.25) is 0 Å². The molecule has 0 amide bonds. The second-order valence-electron chi connectivity index (χ2n) is 6.19. The van der Waals surface area contributed by atoms with Gasteiger partial charge in [0.1, 0.15) is 16.6 Å². The molecule has 5 nitrogen and oxygen atoms in total. The summed E-state index contributed by atoms with van der Waals surface area (Å²) in [5, 5.41) is 15.2. The van der Waals surface area contributed by atoms with Gasteiger partial charge >= 0.3 is 0 Å². The van der Waals surface area contributed by atoms with Gasteiger partial charge in [-0.1, -0.05) is 20.8 Å². The second-order valence-corrected chi connectivity index (χ2v) is 7.11. The van der Waals surface area contributed by atoms with E-state index in [0.29, 0.717) is 11.4 Å². The van der Waals surface area contributed by atoms with Crippen LogP contribution in [-0.4, -0.2) is 14.2 Å². The largest absolute Gasteiger partial charge is 0.325 e. The molecule has 0 unspecified atom stereocenters. The smallest absolute Gasteiger partial charge is 0.274 e. The molecule has 3 aromatic heterocycles. The number of hydrogen-bond donors (Lipinski definition) is 0. The van der Waals surface area contributed by atoms with Crippen LogP contribution in [0.1, 0.15) is 36.9 Å². The summed E-state index contributed by atoms with van der Waals surface area (Å²) in [6.07, 6.45) is 1.62. The molecule has 0 atom stereocenters. The van der Waals surface area contributed by atoms with Crippen molar-refractivity contribution in [2.75, 3.05) is 0 Å². The number of nitriles is 1. The first kappa shape index (κ1) is 14.5. The zero-order valence-electron chi connectivity index (χ0n) is 12.7. The lowest BCUT2D eigenvalue weighted by molar-refractivity contribution is 0.523. The Labute approximate surface area is 132 Å². The lowest BCUT2D eigenvalue weighted by Gasteiger charge is -2.25. The van der Waals surface area contributed by atoms with E-state index >= 15 is 0 Å². The van der Waals surface area contributed by atoms with Crippen LogP contribution < -0.4 is 5.56 Å². The molecule has 3 aromatic rings. The molecule has 6 heteroatoms. The maximum absolute atomic E-state index is 12.2. The van der Waals surface area contributed by atoms with Gasteiger partial charge in [-0.05, 0) is 11.4 Å². The Morgan fingerprint density at radius 2 is 2.14 bits per heavy atom. The number of aromatic nitrogens is 3. The Morgan fingerprint density at radius 3 is 2.82 bits per heavy atom. The Hall–Kier alpha value is -2.39. The molecule has 0 saturated heterocycles. The molecule has 0 aliphatic carbocycles. The summed E-state index contributed by atoms with van der Waals surface area (Å²) >= 11 is 1.43. The van der Waals surface area contributed by atoms with Gasteiger partial charge < -0.3 is 4.57 Å². The normalized spacial score (nSPS) is 11.7. The van der Waals surface area contributed by atoms with Crippen LogP contribution in [-0.2, 0) is 12.0 Å². The minimum atomic E-state index is -0.187. The highest BCUT2D eigenvalue weighted by Gasteiger charge is 2.21. The van der Waals surface area contributed by atoms with E-state index in [9.17, 15) is 10.1 Å². The highest BCUT2D eigenvalue weighted by molar-refractivity contribution is 7.10. The maximum atomic E-state index is 12.2. The van der Waals surface area contributed by atoms with Crippen molar-refractivity contribution in [3.8, 4) is 6.07 Å². The second kappa shape index (κ2) is 5.11. The van der Waals surface area contributed by atoms with Crippen LogP contribution >= 0.6 is 11.3 Å². The van der Waals surface area contributed by atoms with Crippen LogP contribution in [0.3, 0.4) is 0 Å². The molecule has 0 aliphatic heterocycles. The summed E-state index contributed by atoms with van der Waals surface area (Å²) in [6.45, 7) is 6.77. The van der Waals surface area contributed by atoms with Crippen molar-refractivity contribution in [1.29, 1.82) is 5.26 Å². The standard InChI is InChI=1S/C16H16N4OS/c1-16(2,3)13-8-15(21)20-14(4-6-18-20)19(13)10-11-5-7-22-12(11)9-17/h4-8H,10H2,1-3H3. The van der Waals surface area contributed by atoms with Crippen molar-refractivity contribution in [1.82, 2.24) is 14.2 Å². The lowest BCUT2D eigenvalue weighted by atomic mass is 9.91. The number of nitrogens with zero attached hydrogens (tertiary/aromatic N) is 4. The minimum Gasteiger partial charge on any atom is -0.325 e. The predicted molar refractivity (Wildman–Crippen MR) is 86.3 cm³/mol. The Kier molecular flexibility index (Phi) is 3.38. The van der Waals surface area contributed by atoms with E-state index in [1.165, 1.54) is 15.9 Å². The molecule has 3 heterocycles. The van der Waals surface area contributed by atoms with Crippen molar-refractivity contribution in [3.05, 3.63) is 56.3 Å². The fourth-order valence-electron chi connectivity index (χ4n) is 2.57. The molecule has 22 heavy (non-hydrogen) atoms. The van der Waals surface area contributed by atoms with Gasteiger partial charge in [0, 0.05) is 28.8 Å². The average molecular weight is 312 g/mol. The van der Waals surface area contributed by atoms with Gasteiger partial charge in [-0.15, -0.1) is 11.3 Å². The first-order chi connectivity index (χ1) is 10.4. The van der Waals surface area contributed by atoms with Crippen molar-refractivity contribution in [2.45, 2.75) is 32.7 Å². The molecule has 0 aliphatic rings. The molecule has 3 rings (SSSR count). The molecule has 0 N–H and O–H groups in total. The summed E-state index contributed by atoms with van der Waals surface area (Å²) in [4.78, 5) is 12.9. The van der Waals surface area contributed by atoms with E-state index in [1.54, 1.807) is 12.3 Å². The molecule has 0 fully saturated rings. The fourth-order valence-corrected chi connectivity index (χ4v) is 3.27. The molecular formula is C16H16N4OS. The van der Waals surface area contributed by atoms with Gasteiger partial charge in [-0.2, -0.15) is 14.9 Å². The van der Waals surface area contributed by atoms with Crippen molar-refractivity contribution < 1.29 is 0 Å². The fraction of sp³-hybridized carbons (Fsp3) is 0.312. The maximum Gasteiger partial charge on any atom is 0.274 e. The van der Waals surface area contributed by atoms with Crippen LogP contribution in [0, 0.1) is 11.3 Å². The predicted octanol–water partition coefficient (Wildman–Crippen LogP) is 2.77. The molecular weight excluding hydrogens is 296 g/mol. The summed E-state index contributed by atoms with van der Waals surface area (Å²) < 4.78 is 3.46. The van der Waals surface area contributed by atoms with E-state index in [4.69, 9.17) is 0 Å². The van der Waals surface area contributed by atoms with E-state index in [1.807, 2.05) is 17.5 Å². The Morgan fingerprint density at radius 1 is 1.36 bits per heavy atom. The summed E-state index contributed by atoms with van der Waals surface area (Å²) in [5.74, 6) is 0. The van der Waals surface area contributed by atoms with E-state index in [0.717, 1.165) is 16.9 Å². The molecule has 0 saturated carbocycles. The third-order valence-corrected chi connectivity index (χ3v) is 4.47. The zero-order valence-corrected chi connectivity index (χ0v) is 13.5. The third-order valence-electron chi connectivity index (χ3n) is 3.60. The Balaban J connectivity index is 2.27. The van der Waals surface area contributed by atoms with Crippen LogP contribution in [0.15, 0.2) is 34.6 Å². The van der Waals surface area contributed by atoms with E-state index in [2.05, 4.69) is 36.5 Å². The number of fused-ring (bicyclic) bond motifs is 1. The zero-order chi connectivity index (χ0) is 15.9. The van der Waals surface area contributed by atoms with Crippen molar-refractivity contribution >= 4 is 17.0 Å². The van der Waals surface area contributed by atoms with Crippen LogP contribution in [0.25, 0.3) is 5.65 Å². The average Bonchev–Trinajstić information content (AvgIpc) is 3.09. The van der Waals surface area contributed by atoms with Gasteiger partial charge in [-0.3, -0.25) is 4.79 Å². The minimum absolute atomic E-state index is 0.132. The highest BCUT2D eigenvalue weighted by Crippen LogP contribution is 2.25. The van der Waals surface area contributed by atoms with Crippen LogP contribution in [0.4, 0.5) is 0 Å². The number of rotatable bonds is 2. The molecule has 0 bridgehead atoms. The SMILES string of the molecule is CC(C)(C)c1cc(=O)n2nccc2n1Cc1ccsc1C#N.